The maximum Gasteiger partial charge on any atom is 0.262 e. The summed E-state index contributed by atoms with van der Waals surface area (Å²) in [5.41, 5.74) is 2.02. The van der Waals surface area contributed by atoms with Crippen molar-refractivity contribution in [2.24, 2.45) is 0 Å². The van der Waals surface area contributed by atoms with E-state index < -0.39 is 0 Å². The number of rotatable bonds is 1. The van der Waals surface area contributed by atoms with Gasteiger partial charge in [-0.05, 0) is 23.1 Å². The molecule has 0 fully saturated rings. The van der Waals surface area contributed by atoms with E-state index in [1.165, 1.54) is 5.56 Å². The Morgan fingerprint density at radius 3 is 3.19 bits per heavy atom. The summed E-state index contributed by atoms with van der Waals surface area (Å²) >= 11 is 1.82. The smallest absolute Gasteiger partial charge is 0.262 e. The van der Waals surface area contributed by atoms with Crippen LogP contribution in [0.15, 0.2) is 29.7 Å². The Hall–Kier alpha value is -1.42. The van der Waals surface area contributed by atoms with E-state index in [0.717, 1.165) is 17.2 Å². The summed E-state index contributed by atoms with van der Waals surface area (Å²) in [5.74, 6) is 2.21. The largest absolute Gasteiger partial charge is 0.482 e. The van der Waals surface area contributed by atoms with Gasteiger partial charge in [-0.3, -0.25) is 4.79 Å². The second kappa shape index (κ2) is 3.87. The number of hydrogen-bond acceptors (Lipinski definition) is 3. The predicted octanol–water partition coefficient (Wildman–Crippen LogP) is 2.36. The van der Waals surface area contributed by atoms with E-state index in [1.807, 2.05) is 23.9 Å². The maximum atomic E-state index is 11.2. The molecule has 0 radical (unpaired) electrons. The summed E-state index contributed by atoms with van der Waals surface area (Å²) in [4.78, 5) is 11.2. The molecule has 0 saturated carbocycles. The molecule has 1 aromatic carbocycles. The van der Waals surface area contributed by atoms with Gasteiger partial charge >= 0.3 is 0 Å². The summed E-state index contributed by atoms with van der Waals surface area (Å²) in [6.45, 7) is 0.117. The molecule has 0 aliphatic carbocycles. The van der Waals surface area contributed by atoms with Crippen LogP contribution >= 0.6 is 11.8 Å². The van der Waals surface area contributed by atoms with Crippen LogP contribution in [0.25, 0.3) is 0 Å². The first-order valence-electron chi connectivity index (χ1n) is 5.18. The van der Waals surface area contributed by atoms with Gasteiger partial charge in [-0.2, -0.15) is 0 Å². The number of allylic oxidation sites excluding steroid dienone is 1. The van der Waals surface area contributed by atoms with E-state index in [4.69, 9.17) is 4.74 Å². The number of hydrogen-bond donors (Lipinski definition) is 1. The standard InChI is InChI=1S/C12H11NO2S/c14-12-6-15-11-2-1-8(5-10(11)13-12)9-3-4-16-7-9/h1-5,9H,6-7H2,(H,13,14). The van der Waals surface area contributed by atoms with Gasteiger partial charge in [0.2, 0.25) is 0 Å². The molecule has 3 rings (SSSR count). The summed E-state index contributed by atoms with van der Waals surface area (Å²) in [7, 11) is 0. The van der Waals surface area contributed by atoms with Crippen LogP contribution in [-0.4, -0.2) is 18.3 Å². The Balaban J connectivity index is 1.94. The van der Waals surface area contributed by atoms with Crippen molar-refractivity contribution < 1.29 is 9.53 Å². The number of carbonyl (C=O) groups excluding carboxylic acids is 1. The van der Waals surface area contributed by atoms with Gasteiger partial charge in [0.05, 0.1) is 5.69 Å². The van der Waals surface area contributed by atoms with Crippen molar-refractivity contribution in [3.05, 3.63) is 35.2 Å². The van der Waals surface area contributed by atoms with Gasteiger partial charge in [-0.1, -0.05) is 12.1 Å². The first kappa shape index (κ1) is 9.78. The van der Waals surface area contributed by atoms with Crippen LogP contribution in [-0.2, 0) is 4.79 Å². The first-order chi connectivity index (χ1) is 7.83. The molecule has 1 N–H and O–H groups in total. The molecular formula is C12H11NO2S. The Morgan fingerprint density at radius 1 is 1.44 bits per heavy atom. The van der Waals surface area contributed by atoms with Crippen molar-refractivity contribution in [2.45, 2.75) is 5.92 Å². The lowest BCUT2D eigenvalue weighted by Gasteiger charge is -2.19. The van der Waals surface area contributed by atoms with Gasteiger partial charge in [0, 0.05) is 11.7 Å². The Labute approximate surface area is 97.9 Å². The zero-order chi connectivity index (χ0) is 11.0. The maximum absolute atomic E-state index is 11.2. The van der Waals surface area contributed by atoms with Crippen LogP contribution in [0.2, 0.25) is 0 Å². The highest BCUT2D eigenvalue weighted by molar-refractivity contribution is 8.02. The minimum absolute atomic E-state index is 0.0824. The van der Waals surface area contributed by atoms with Crippen molar-refractivity contribution in [3.63, 3.8) is 0 Å². The monoisotopic (exact) mass is 233 g/mol. The molecule has 1 amide bonds. The summed E-state index contributed by atoms with van der Waals surface area (Å²) in [6, 6.07) is 6.01. The second-order valence-electron chi connectivity index (χ2n) is 3.86. The van der Waals surface area contributed by atoms with Crippen molar-refractivity contribution in [1.82, 2.24) is 0 Å². The van der Waals surface area contributed by atoms with E-state index in [9.17, 15) is 4.79 Å². The number of ether oxygens (including phenoxy) is 1. The zero-order valence-electron chi connectivity index (χ0n) is 8.60. The zero-order valence-corrected chi connectivity index (χ0v) is 9.42. The lowest BCUT2D eigenvalue weighted by molar-refractivity contribution is -0.118. The third-order valence-electron chi connectivity index (χ3n) is 2.75. The van der Waals surface area contributed by atoms with Gasteiger partial charge in [0.25, 0.3) is 5.91 Å². The van der Waals surface area contributed by atoms with Crippen LogP contribution in [0.3, 0.4) is 0 Å². The number of thioether (sulfide) groups is 1. The highest BCUT2D eigenvalue weighted by Crippen LogP contribution is 2.35. The average Bonchev–Trinajstić information content (AvgIpc) is 2.81. The fourth-order valence-corrected chi connectivity index (χ4v) is 2.83. The molecule has 1 aromatic rings. The molecule has 4 heteroatoms. The summed E-state index contributed by atoms with van der Waals surface area (Å²) in [6.07, 6.45) is 2.19. The molecule has 0 bridgehead atoms. The van der Waals surface area contributed by atoms with Crippen molar-refractivity contribution in [1.29, 1.82) is 0 Å². The molecule has 82 valence electrons. The molecule has 1 unspecified atom stereocenters. The van der Waals surface area contributed by atoms with Crippen LogP contribution in [0.5, 0.6) is 5.75 Å². The molecule has 2 heterocycles. The minimum Gasteiger partial charge on any atom is -0.482 e. The SMILES string of the molecule is O=C1COc2ccc(C3C=CSC3)cc2N1. The van der Waals surface area contributed by atoms with Crippen LogP contribution in [0, 0.1) is 0 Å². The third-order valence-corrected chi connectivity index (χ3v) is 3.65. The molecule has 3 nitrogen and oxygen atoms in total. The quantitative estimate of drug-likeness (QED) is 0.809. The number of anilines is 1. The van der Waals surface area contributed by atoms with Gasteiger partial charge in [-0.25, -0.2) is 0 Å². The van der Waals surface area contributed by atoms with Crippen molar-refractivity contribution in [2.75, 3.05) is 17.7 Å². The Morgan fingerprint density at radius 2 is 2.38 bits per heavy atom. The average molecular weight is 233 g/mol. The Bertz CT molecular complexity index is 470. The van der Waals surface area contributed by atoms with Gasteiger partial charge in [0.15, 0.2) is 6.61 Å². The number of carbonyl (C=O) groups is 1. The first-order valence-corrected chi connectivity index (χ1v) is 6.23. The van der Waals surface area contributed by atoms with Crippen LogP contribution in [0.4, 0.5) is 5.69 Å². The van der Waals surface area contributed by atoms with Crippen LogP contribution in [0.1, 0.15) is 11.5 Å². The van der Waals surface area contributed by atoms with Crippen LogP contribution < -0.4 is 10.1 Å². The van der Waals surface area contributed by atoms with Gasteiger partial charge in [-0.15, -0.1) is 11.8 Å². The minimum atomic E-state index is -0.0824. The van der Waals surface area contributed by atoms with E-state index in [0.29, 0.717) is 5.92 Å². The van der Waals surface area contributed by atoms with Gasteiger partial charge in [0.1, 0.15) is 5.75 Å². The normalized spacial score (nSPS) is 22.5. The highest BCUT2D eigenvalue weighted by Gasteiger charge is 2.19. The fraction of sp³-hybridized carbons (Fsp3) is 0.250. The molecule has 0 spiro atoms. The third kappa shape index (κ3) is 1.69. The molecule has 2 aliphatic heterocycles. The summed E-state index contributed by atoms with van der Waals surface area (Å²) in [5, 5.41) is 4.95. The fourth-order valence-electron chi connectivity index (χ4n) is 1.90. The van der Waals surface area contributed by atoms with E-state index in [2.05, 4.69) is 22.9 Å². The van der Waals surface area contributed by atoms with Crippen molar-refractivity contribution in [3.8, 4) is 5.75 Å². The Kier molecular flexibility index (Phi) is 2.36. The number of benzene rings is 1. The van der Waals surface area contributed by atoms with Crippen molar-refractivity contribution >= 4 is 23.4 Å². The molecule has 0 aromatic heterocycles. The predicted molar refractivity (Wildman–Crippen MR) is 64.9 cm³/mol. The number of nitrogens with one attached hydrogen (secondary N) is 1. The molecule has 2 aliphatic rings. The van der Waals surface area contributed by atoms with E-state index in [-0.39, 0.29) is 12.5 Å². The van der Waals surface area contributed by atoms with E-state index >= 15 is 0 Å². The molecule has 1 atom stereocenters. The lowest BCUT2D eigenvalue weighted by atomic mass is 10.0. The number of amides is 1. The molecule has 16 heavy (non-hydrogen) atoms. The number of fused-ring (bicyclic) bond motifs is 1. The molecule has 0 saturated heterocycles. The van der Waals surface area contributed by atoms with E-state index in [1.54, 1.807) is 0 Å². The summed E-state index contributed by atoms with van der Waals surface area (Å²) < 4.78 is 5.32. The highest BCUT2D eigenvalue weighted by atomic mass is 32.2. The second-order valence-corrected chi connectivity index (χ2v) is 4.80. The topological polar surface area (TPSA) is 38.3 Å². The lowest BCUT2D eigenvalue weighted by Crippen LogP contribution is -2.25. The molecular weight excluding hydrogens is 222 g/mol. The van der Waals surface area contributed by atoms with Gasteiger partial charge < -0.3 is 10.1 Å².